The minimum absolute atomic E-state index is 0.106. The average molecular weight is 418 g/mol. The Morgan fingerprint density at radius 1 is 1.04 bits per heavy atom. The normalized spacial score (nSPS) is 11.8. The molecule has 0 radical (unpaired) electrons. The van der Waals surface area contributed by atoms with E-state index in [1.807, 2.05) is 0 Å². The maximum absolute atomic E-state index is 12.7. The monoisotopic (exact) mass is 418 g/mol. The summed E-state index contributed by atoms with van der Waals surface area (Å²) in [4.78, 5) is 11.7. The van der Waals surface area contributed by atoms with Crippen LogP contribution in [-0.2, 0) is 21.0 Å². The van der Waals surface area contributed by atoms with Gasteiger partial charge in [-0.3, -0.25) is 4.79 Å². The third kappa shape index (κ3) is 5.36. The summed E-state index contributed by atoms with van der Waals surface area (Å²) in [7, 11) is -1.33. The molecule has 1 amide bonds. The number of ether oxygens (including phenoxy) is 2. The number of rotatable bonds is 7. The van der Waals surface area contributed by atoms with E-state index in [0.29, 0.717) is 5.75 Å². The molecular weight excluding hydrogens is 401 g/mol. The van der Waals surface area contributed by atoms with Crippen LogP contribution in [0.2, 0.25) is 0 Å². The molecule has 0 aromatic heterocycles. The van der Waals surface area contributed by atoms with Crippen molar-refractivity contribution in [2.45, 2.75) is 11.1 Å². The zero-order valence-electron chi connectivity index (χ0n) is 14.8. The van der Waals surface area contributed by atoms with Crippen molar-refractivity contribution in [1.82, 2.24) is 4.72 Å². The van der Waals surface area contributed by atoms with E-state index in [4.69, 9.17) is 9.47 Å². The van der Waals surface area contributed by atoms with Crippen molar-refractivity contribution in [2.75, 3.05) is 26.1 Å². The highest BCUT2D eigenvalue weighted by atomic mass is 32.2. The molecule has 2 aromatic rings. The summed E-state index contributed by atoms with van der Waals surface area (Å²) in [5.41, 5.74) is -1.04. The van der Waals surface area contributed by atoms with Gasteiger partial charge in [0.25, 0.3) is 0 Å². The molecule has 0 aliphatic carbocycles. The largest absolute Gasteiger partial charge is 0.493 e. The van der Waals surface area contributed by atoms with Gasteiger partial charge < -0.3 is 14.8 Å². The van der Waals surface area contributed by atoms with Crippen LogP contribution in [0.1, 0.15) is 5.56 Å². The van der Waals surface area contributed by atoms with Gasteiger partial charge in [-0.05, 0) is 30.3 Å². The molecule has 0 saturated heterocycles. The molecule has 7 nitrogen and oxygen atoms in total. The summed E-state index contributed by atoms with van der Waals surface area (Å²) in [5.74, 6) is -0.328. The summed E-state index contributed by atoms with van der Waals surface area (Å²) >= 11 is 0. The molecule has 0 atom stereocenters. The molecule has 11 heteroatoms. The Morgan fingerprint density at radius 2 is 1.71 bits per heavy atom. The lowest BCUT2D eigenvalue weighted by Gasteiger charge is -2.12. The van der Waals surface area contributed by atoms with Crippen molar-refractivity contribution >= 4 is 21.6 Å². The Morgan fingerprint density at radius 3 is 2.32 bits per heavy atom. The standard InChI is InChI=1S/C17H17F3N2O5S/c1-26-14-7-6-13(9-15(14)27-2)28(24,25)21-10-16(23)22-12-5-3-4-11(8-12)17(18,19)20/h3-9,21H,10H2,1-2H3,(H,22,23). The number of amides is 1. The summed E-state index contributed by atoms with van der Waals surface area (Å²) in [6.07, 6.45) is -4.56. The Labute approximate surface area is 159 Å². The van der Waals surface area contributed by atoms with Crippen LogP contribution in [0, 0.1) is 0 Å². The van der Waals surface area contributed by atoms with Crippen molar-refractivity contribution in [1.29, 1.82) is 0 Å². The van der Waals surface area contributed by atoms with Gasteiger partial charge in [0, 0.05) is 11.8 Å². The summed E-state index contributed by atoms with van der Waals surface area (Å²) < 4.78 is 74.8. The van der Waals surface area contributed by atoms with Crippen LogP contribution in [0.5, 0.6) is 11.5 Å². The van der Waals surface area contributed by atoms with E-state index in [0.717, 1.165) is 18.2 Å². The highest BCUT2D eigenvalue weighted by Crippen LogP contribution is 2.31. The number of carbonyl (C=O) groups excluding carboxylic acids is 1. The van der Waals surface area contributed by atoms with E-state index in [9.17, 15) is 26.4 Å². The van der Waals surface area contributed by atoms with E-state index in [1.165, 1.54) is 38.5 Å². The van der Waals surface area contributed by atoms with E-state index < -0.39 is 34.2 Å². The maximum atomic E-state index is 12.7. The predicted molar refractivity (Wildman–Crippen MR) is 94.8 cm³/mol. The SMILES string of the molecule is COc1ccc(S(=O)(=O)NCC(=O)Nc2cccc(C(F)(F)F)c2)cc1OC. The molecule has 0 unspecified atom stereocenters. The van der Waals surface area contributed by atoms with Gasteiger partial charge in [0.2, 0.25) is 15.9 Å². The summed E-state index contributed by atoms with van der Waals surface area (Å²) in [6, 6.07) is 7.86. The fourth-order valence-corrected chi connectivity index (χ4v) is 3.20. The lowest BCUT2D eigenvalue weighted by molar-refractivity contribution is -0.137. The van der Waals surface area contributed by atoms with Crippen molar-refractivity contribution in [3.63, 3.8) is 0 Å². The van der Waals surface area contributed by atoms with Gasteiger partial charge >= 0.3 is 6.18 Å². The molecule has 0 aliphatic heterocycles. The van der Waals surface area contributed by atoms with E-state index in [1.54, 1.807) is 0 Å². The second-order valence-corrected chi connectivity index (χ2v) is 7.24. The van der Waals surface area contributed by atoms with Crippen LogP contribution in [0.25, 0.3) is 0 Å². The first-order chi connectivity index (χ1) is 13.1. The van der Waals surface area contributed by atoms with Crippen LogP contribution >= 0.6 is 0 Å². The zero-order chi connectivity index (χ0) is 20.9. The molecule has 152 valence electrons. The molecule has 2 rings (SSSR count). The van der Waals surface area contributed by atoms with Crippen molar-refractivity contribution in [3.8, 4) is 11.5 Å². The molecule has 0 bridgehead atoms. The Kier molecular flexibility index (Phi) is 6.52. The van der Waals surface area contributed by atoms with Crippen LogP contribution < -0.4 is 19.5 Å². The number of benzene rings is 2. The molecular formula is C17H17F3N2O5S. The predicted octanol–water partition coefficient (Wildman–Crippen LogP) is 2.64. The molecule has 2 aromatic carbocycles. The van der Waals surface area contributed by atoms with Crippen LogP contribution in [0.15, 0.2) is 47.4 Å². The van der Waals surface area contributed by atoms with Crippen molar-refractivity contribution in [3.05, 3.63) is 48.0 Å². The summed E-state index contributed by atoms with van der Waals surface area (Å²) in [6.45, 7) is -0.674. The Hall–Kier alpha value is -2.79. The van der Waals surface area contributed by atoms with E-state index in [-0.39, 0.29) is 16.3 Å². The number of anilines is 1. The third-order valence-electron chi connectivity index (χ3n) is 3.56. The smallest absolute Gasteiger partial charge is 0.416 e. The van der Waals surface area contributed by atoms with Gasteiger partial charge in [-0.25, -0.2) is 13.1 Å². The average Bonchev–Trinajstić information content (AvgIpc) is 2.65. The molecule has 0 spiro atoms. The molecule has 0 saturated carbocycles. The second-order valence-electron chi connectivity index (χ2n) is 5.47. The number of alkyl halides is 3. The minimum atomic E-state index is -4.56. The fourth-order valence-electron chi connectivity index (χ4n) is 2.21. The van der Waals surface area contributed by atoms with Gasteiger partial charge in [0.15, 0.2) is 11.5 Å². The fraction of sp³-hybridized carbons (Fsp3) is 0.235. The number of methoxy groups -OCH3 is 2. The lowest BCUT2D eigenvalue weighted by Crippen LogP contribution is -2.33. The zero-order valence-corrected chi connectivity index (χ0v) is 15.6. The first-order valence-corrected chi connectivity index (χ1v) is 9.24. The van der Waals surface area contributed by atoms with Gasteiger partial charge in [0.05, 0.1) is 31.2 Å². The number of halogens is 3. The maximum Gasteiger partial charge on any atom is 0.416 e. The number of hydrogen-bond acceptors (Lipinski definition) is 5. The quantitative estimate of drug-likeness (QED) is 0.721. The first kappa shape index (κ1) is 21.5. The second kappa shape index (κ2) is 8.48. The number of nitrogens with one attached hydrogen (secondary N) is 2. The Balaban J connectivity index is 2.06. The van der Waals surface area contributed by atoms with E-state index in [2.05, 4.69) is 10.0 Å². The van der Waals surface area contributed by atoms with Crippen molar-refractivity contribution in [2.24, 2.45) is 0 Å². The highest BCUT2D eigenvalue weighted by Gasteiger charge is 2.30. The van der Waals surface area contributed by atoms with E-state index >= 15 is 0 Å². The minimum Gasteiger partial charge on any atom is -0.493 e. The summed E-state index contributed by atoms with van der Waals surface area (Å²) in [5, 5.41) is 2.21. The molecule has 28 heavy (non-hydrogen) atoms. The number of sulfonamides is 1. The molecule has 2 N–H and O–H groups in total. The first-order valence-electron chi connectivity index (χ1n) is 7.75. The van der Waals surface area contributed by atoms with Gasteiger partial charge in [-0.2, -0.15) is 13.2 Å². The highest BCUT2D eigenvalue weighted by molar-refractivity contribution is 7.89. The van der Waals surface area contributed by atoms with Gasteiger partial charge in [0.1, 0.15) is 0 Å². The molecule has 0 fully saturated rings. The molecule has 0 heterocycles. The van der Waals surface area contributed by atoms with Crippen LogP contribution in [0.3, 0.4) is 0 Å². The lowest BCUT2D eigenvalue weighted by atomic mass is 10.2. The van der Waals surface area contributed by atoms with Crippen LogP contribution in [0.4, 0.5) is 18.9 Å². The number of carbonyl (C=O) groups is 1. The van der Waals surface area contributed by atoms with Crippen molar-refractivity contribution < 1.29 is 35.9 Å². The number of hydrogen-bond donors (Lipinski definition) is 2. The van der Waals surface area contributed by atoms with Gasteiger partial charge in [-0.15, -0.1) is 0 Å². The third-order valence-corrected chi connectivity index (χ3v) is 4.96. The Bertz CT molecular complexity index is 962. The van der Waals surface area contributed by atoms with Gasteiger partial charge in [-0.1, -0.05) is 6.07 Å². The topological polar surface area (TPSA) is 93.7 Å². The van der Waals surface area contributed by atoms with Crippen LogP contribution in [-0.4, -0.2) is 35.1 Å². The molecule has 0 aliphatic rings.